The quantitative estimate of drug-likeness (QED) is 0.807. The normalized spacial score (nSPS) is 10.5. The lowest BCUT2D eigenvalue weighted by Crippen LogP contribution is -2.03. The number of rotatable bonds is 5. The zero-order chi connectivity index (χ0) is 14.5. The van der Waals surface area contributed by atoms with E-state index in [4.69, 9.17) is 5.11 Å². The van der Waals surface area contributed by atoms with Gasteiger partial charge in [0.2, 0.25) is 0 Å². The first-order valence-corrected chi connectivity index (χ1v) is 6.20. The first kappa shape index (κ1) is 14.1. The molecule has 0 saturated heterocycles. The molecular weight excluding hydrogens is 260 g/mol. The molecule has 0 bridgehead atoms. The van der Waals surface area contributed by atoms with Gasteiger partial charge in [-0.1, -0.05) is 0 Å². The Labute approximate surface area is 116 Å². The van der Waals surface area contributed by atoms with E-state index in [0.29, 0.717) is 29.8 Å². The summed E-state index contributed by atoms with van der Waals surface area (Å²) >= 11 is 0. The highest BCUT2D eigenvalue weighted by atomic mass is 16.5. The largest absolute Gasteiger partial charge is 0.507 e. The molecule has 0 aliphatic heterocycles. The molecule has 0 unspecified atom stereocenters. The third-order valence-corrected chi connectivity index (χ3v) is 2.96. The Morgan fingerprint density at radius 2 is 2.25 bits per heavy atom. The number of aromatic hydroxyl groups is 1. The van der Waals surface area contributed by atoms with Gasteiger partial charge in [0.15, 0.2) is 0 Å². The van der Waals surface area contributed by atoms with Crippen LogP contribution in [0, 0.1) is 0 Å². The molecule has 0 amide bonds. The molecule has 1 heterocycles. The number of hydrogen-bond donors (Lipinski definition) is 2. The van der Waals surface area contributed by atoms with Gasteiger partial charge in [0.25, 0.3) is 0 Å². The second-order valence-corrected chi connectivity index (χ2v) is 4.27. The monoisotopic (exact) mass is 276 g/mol. The van der Waals surface area contributed by atoms with Crippen molar-refractivity contribution >= 4 is 5.97 Å². The van der Waals surface area contributed by atoms with Crippen molar-refractivity contribution in [3.63, 3.8) is 0 Å². The van der Waals surface area contributed by atoms with Crippen molar-refractivity contribution in [2.75, 3.05) is 13.7 Å². The summed E-state index contributed by atoms with van der Waals surface area (Å²) in [5, 5.41) is 18.9. The Balaban J connectivity index is 2.41. The molecule has 2 N–H and O–H groups in total. The number of ether oxygens (including phenoxy) is 1. The SMILES string of the molecule is COC(=O)c1ccc(O)c(-c2cncn2CCCO)c1. The van der Waals surface area contributed by atoms with E-state index in [-0.39, 0.29) is 12.4 Å². The fraction of sp³-hybridized carbons (Fsp3) is 0.286. The van der Waals surface area contributed by atoms with Gasteiger partial charge in [-0.15, -0.1) is 0 Å². The van der Waals surface area contributed by atoms with Gasteiger partial charge in [0.1, 0.15) is 5.75 Å². The van der Waals surface area contributed by atoms with Crippen LogP contribution in [0.1, 0.15) is 16.8 Å². The van der Waals surface area contributed by atoms with Crippen molar-refractivity contribution in [2.45, 2.75) is 13.0 Å². The number of esters is 1. The fourth-order valence-electron chi connectivity index (χ4n) is 1.95. The van der Waals surface area contributed by atoms with Crippen molar-refractivity contribution in [1.82, 2.24) is 9.55 Å². The number of imidazole rings is 1. The van der Waals surface area contributed by atoms with Crippen LogP contribution in [0.4, 0.5) is 0 Å². The molecule has 0 aliphatic rings. The third kappa shape index (κ3) is 2.80. The van der Waals surface area contributed by atoms with Gasteiger partial charge in [-0.05, 0) is 24.6 Å². The summed E-state index contributed by atoms with van der Waals surface area (Å²) in [5.74, 6) is -0.406. The number of phenolic OH excluding ortho intramolecular Hbond substituents is 1. The summed E-state index contributed by atoms with van der Waals surface area (Å²) in [6.07, 6.45) is 3.81. The van der Waals surface area contributed by atoms with E-state index < -0.39 is 5.97 Å². The van der Waals surface area contributed by atoms with Gasteiger partial charge in [0, 0.05) is 18.7 Å². The van der Waals surface area contributed by atoms with Crippen LogP contribution in [0.15, 0.2) is 30.7 Å². The average Bonchev–Trinajstić information content (AvgIpc) is 2.93. The van der Waals surface area contributed by atoms with E-state index in [1.54, 1.807) is 18.6 Å². The molecule has 0 saturated carbocycles. The van der Waals surface area contributed by atoms with Crippen LogP contribution < -0.4 is 0 Å². The number of carbonyl (C=O) groups excluding carboxylic acids is 1. The number of methoxy groups -OCH3 is 1. The van der Waals surface area contributed by atoms with Gasteiger partial charge < -0.3 is 19.5 Å². The molecule has 0 radical (unpaired) electrons. The van der Waals surface area contributed by atoms with E-state index in [1.165, 1.54) is 19.2 Å². The number of aryl methyl sites for hydroxylation is 1. The fourth-order valence-corrected chi connectivity index (χ4v) is 1.95. The highest BCUT2D eigenvalue weighted by molar-refractivity contribution is 5.91. The summed E-state index contributed by atoms with van der Waals surface area (Å²) in [5.41, 5.74) is 1.54. The van der Waals surface area contributed by atoms with Crippen LogP contribution in [0.25, 0.3) is 11.3 Å². The Morgan fingerprint density at radius 3 is 2.95 bits per heavy atom. The number of aliphatic hydroxyl groups excluding tert-OH is 1. The number of aromatic nitrogens is 2. The predicted octanol–water partition coefficient (Wildman–Crippen LogP) is 1.42. The van der Waals surface area contributed by atoms with E-state index in [0.717, 1.165) is 0 Å². The zero-order valence-corrected chi connectivity index (χ0v) is 11.1. The predicted molar refractivity (Wildman–Crippen MR) is 72.4 cm³/mol. The topological polar surface area (TPSA) is 84.6 Å². The van der Waals surface area contributed by atoms with Gasteiger partial charge in [-0.25, -0.2) is 9.78 Å². The first-order chi connectivity index (χ1) is 9.67. The molecule has 0 atom stereocenters. The van der Waals surface area contributed by atoms with Crippen molar-refractivity contribution in [2.24, 2.45) is 0 Å². The zero-order valence-electron chi connectivity index (χ0n) is 11.1. The minimum Gasteiger partial charge on any atom is -0.507 e. The van der Waals surface area contributed by atoms with E-state index in [9.17, 15) is 9.90 Å². The summed E-state index contributed by atoms with van der Waals surface area (Å²) in [7, 11) is 1.31. The van der Waals surface area contributed by atoms with Crippen LogP contribution in [0.3, 0.4) is 0 Å². The van der Waals surface area contributed by atoms with Gasteiger partial charge in [-0.2, -0.15) is 0 Å². The van der Waals surface area contributed by atoms with Crippen LogP contribution in [0.2, 0.25) is 0 Å². The van der Waals surface area contributed by atoms with Gasteiger partial charge >= 0.3 is 5.97 Å². The maximum absolute atomic E-state index is 11.5. The Morgan fingerprint density at radius 1 is 1.45 bits per heavy atom. The molecule has 20 heavy (non-hydrogen) atoms. The van der Waals surface area contributed by atoms with Crippen molar-refractivity contribution in [1.29, 1.82) is 0 Å². The second kappa shape index (κ2) is 6.21. The van der Waals surface area contributed by atoms with Crippen LogP contribution in [0.5, 0.6) is 5.75 Å². The standard InChI is InChI=1S/C14H16N2O4/c1-20-14(19)10-3-4-13(18)11(7-10)12-8-15-9-16(12)5-2-6-17/h3-4,7-9,17-18H,2,5-6H2,1H3. The Bertz CT molecular complexity index is 607. The third-order valence-electron chi connectivity index (χ3n) is 2.96. The molecule has 0 spiro atoms. The minimum atomic E-state index is -0.465. The molecule has 2 rings (SSSR count). The van der Waals surface area contributed by atoms with Gasteiger partial charge in [0.05, 0.1) is 30.9 Å². The molecule has 106 valence electrons. The van der Waals surface area contributed by atoms with Gasteiger partial charge in [-0.3, -0.25) is 0 Å². The lowest BCUT2D eigenvalue weighted by atomic mass is 10.1. The lowest BCUT2D eigenvalue weighted by Gasteiger charge is -2.10. The molecule has 1 aromatic carbocycles. The number of nitrogens with zero attached hydrogens (tertiary/aromatic N) is 2. The number of benzene rings is 1. The van der Waals surface area contributed by atoms with Crippen molar-refractivity contribution in [3.8, 4) is 17.0 Å². The molecule has 0 aliphatic carbocycles. The summed E-state index contributed by atoms with van der Waals surface area (Å²) in [6.45, 7) is 0.652. The Kier molecular flexibility index (Phi) is 4.37. The number of carbonyl (C=O) groups is 1. The molecule has 0 fully saturated rings. The highest BCUT2D eigenvalue weighted by Crippen LogP contribution is 2.30. The van der Waals surface area contributed by atoms with E-state index >= 15 is 0 Å². The van der Waals surface area contributed by atoms with Crippen LogP contribution in [-0.2, 0) is 11.3 Å². The highest BCUT2D eigenvalue weighted by Gasteiger charge is 2.14. The van der Waals surface area contributed by atoms with E-state index in [1.807, 2.05) is 4.57 Å². The smallest absolute Gasteiger partial charge is 0.337 e. The second-order valence-electron chi connectivity index (χ2n) is 4.27. The van der Waals surface area contributed by atoms with Crippen molar-refractivity contribution in [3.05, 3.63) is 36.3 Å². The molecule has 6 heteroatoms. The van der Waals surface area contributed by atoms with E-state index in [2.05, 4.69) is 9.72 Å². The molecule has 2 aromatic rings. The number of phenols is 1. The first-order valence-electron chi connectivity index (χ1n) is 6.20. The summed E-state index contributed by atoms with van der Waals surface area (Å²) < 4.78 is 6.48. The minimum absolute atomic E-state index is 0.0587. The molecule has 1 aromatic heterocycles. The average molecular weight is 276 g/mol. The maximum atomic E-state index is 11.5. The summed E-state index contributed by atoms with van der Waals surface area (Å²) in [6, 6.07) is 4.51. The lowest BCUT2D eigenvalue weighted by molar-refractivity contribution is 0.0601. The van der Waals surface area contributed by atoms with Crippen molar-refractivity contribution < 1.29 is 19.7 Å². The Hall–Kier alpha value is -2.34. The molecule has 6 nitrogen and oxygen atoms in total. The van der Waals surface area contributed by atoms with Crippen LogP contribution in [-0.4, -0.2) is 39.5 Å². The summed E-state index contributed by atoms with van der Waals surface area (Å²) in [4.78, 5) is 15.6. The number of aliphatic hydroxyl groups is 1. The number of hydrogen-bond acceptors (Lipinski definition) is 5. The van der Waals surface area contributed by atoms with Crippen LogP contribution >= 0.6 is 0 Å². The molecular formula is C14H16N2O4. The maximum Gasteiger partial charge on any atom is 0.337 e.